The summed E-state index contributed by atoms with van der Waals surface area (Å²) in [4.78, 5) is 15.7. The molecule has 4 heteroatoms. The Kier molecular flexibility index (Phi) is 7.31. The molecule has 58 heavy (non-hydrogen) atoms. The van der Waals surface area contributed by atoms with E-state index in [-0.39, 0.29) is 0 Å². The first-order valence-corrected chi connectivity index (χ1v) is 20.5. The van der Waals surface area contributed by atoms with E-state index in [1.54, 1.807) is 0 Å². The molecule has 2 heterocycles. The molecule has 0 unspecified atom stereocenters. The molecular formula is C54H33N3S. The van der Waals surface area contributed by atoms with Crippen molar-refractivity contribution in [1.82, 2.24) is 15.0 Å². The summed E-state index contributed by atoms with van der Waals surface area (Å²) in [6.45, 7) is 0. The highest BCUT2D eigenvalue weighted by atomic mass is 32.1. The third kappa shape index (κ3) is 4.89. The molecule has 0 atom stereocenters. The topological polar surface area (TPSA) is 38.7 Å². The van der Waals surface area contributed by atoms with E-state index in [9.17, 15) is 0 Å². The largest absolute Gasteiger partial charge is 0.208 e. The summed E-state index contributed by atoms with van der Waals surface area (Å²) in [5.41, 5.74) is 9.73. The molecule has 0 aliphatic heterocycles. The molecule has 0 spiro atoms. The van der Waals surface area contributed by atoms with Crippen LogP contribution in [0.1, 0.15) is 22.3 Å². The van der Waals surface area contributed by atoms with E-state index in [0.29, 0.717) is 17.5 Å². The summed E-state index contributed by atoms with van der Waals surface area (Å²) in [5, 5.41) is 7.54. The summed E-state index contributed by atoms with van der Waals surface area (Å²) in [6, 6.07) is 72.1. The van der Waals surface area contributed by atoms with E-state index in [1.165, 1.54) is 69.7 Å². The number of rotatable bonds is 5. The molecule has 1 aliphatic rings. The molecule has 0 amide bonds. The van der Waals surface area contributed by atoms with Crippen LogP contribution in [-0.2, 0) is 5.41 Å². The Morgan fingerprint density at radius 2 is 0.914 bits per heavy atom. The first kappa shape index (κ1) is 32.9. The van der Waals surface area contributed by atoms with Crippen LogP contribution in [0.15, 0.2) is 200 Å². The van der Waals surface area contributed by atoms with Crippen molar-refractivity contribution in [3.63, 3.8) is 0 Å². The van der Waals surface area contributed by atoms with Crippen LogP contribution in [0.3, 0.4) is 0 Å². The lowest BCUT2D eigenvalue weighted by Gasteiger charge is -2.34. The van der Waals surface area contributed by atoms with Gasteiger partial charge in [-0.25, -0.2) is 15.0 Å². The molecule has 0 saturated heterocycles. The van der Waals surface area contributed by atoms with Crippen LogP contribution in [0, 0.1) is 0 Å². The minimum atomic E-state index is -0.525. The fraction of sp³-hybridized carbons (Fsp3) is 0.0185. The summed E-state index contributed by atoms with van der Waals surface area (Å²) < 4.78 is 2.62. The monoisotopic (exact) mass is 755 g/mol. The van der Waals surface area contributed by atoms with Gasteiger partial charge < -0.3 is 0 Å². The number of thiophene rings is 1. The number of fused-ring (bicyclic) bond motifs is 10. The maximum absolute atomic E-state index is 5.30. The van der Waals surface area contributed by atoms with Crippen molar-refractivity contribution < 1.29 is 0 Å². The van der Waals surface area contributed by atoms with Crippen LogP contribution in [0.2, 0.25) is 0 Å². The Labute approximate surface area is 339 Å². The van der Waals surface area contributed by atoms with Gasteiger partial charge in [-0.1, -0.05) is 176 Å². The van der Waals surface area contributed by atoms with Crippen molar-refractivity contribution in [3.05, 3.63) is 222 Å². The quantitative estimate of drug-likeness (QED) is 0.164. The van der Waals surface area contributed by atoms with Gasteiger partial charge in [0.1, 0.15) is 0 Å². The number of benzene rings is 9. The molecule has 12 rings (SSSR count). The van der Waals surface area contributed by atoms with Gasteiger partial charge in [-0.2, -0.15) is 0 Å². The maximum Gasteiger partial charge on any atom is 0.164 e. The third-order valence-corrected chi connectivity index (χ3v) is 13.1. The van der Waals surface area contributed by atoms with Crippen molar-refractivity contribution in [2.75, 3.05) is 0 Å². The zero-order chi connectivity index (χ0) is 38.2. The van der Waals surface area contributed by atoms with E-state index in [0.717, 1.165) is 22.1 Å². The Morgan fingerprint density at radius 1 is 0.345 bits per heavy atom. The van der Waals surface area contributed by atoms with Crippen LogP contribution >= 0.6 is 11.3 Å². The van der Waals surface area contributed by atoms with Crippen molar-refractivity contribution in [2.45, 2.75) is 5.41 Å². The summed E-state index contributed by atoms with van der Waals surface area (Å²) in [7, 11) is 0. The zero-order valence-corrected chi connectivity index (χ0v) is 32.1. The minimum absolute atomic E-state index is 0.525. The van der Waals surface area contributed by atoms with Gasteiger partial charge in [0, 0.05) is 36.9 Å². The van der Waals surface area contributed by atoms with Gasteiger partial charge in [0.15, 0.2) is 17.5 Å². The maximum atomic E-state index is 5.30. The van der Waals surface area contributed by atoms with Gasteiger partial charge >= 0.3 is 0 Å². The van der Waals surface area contributed by atoms with Crippen molar-refractivity contribution in [1.29, 1.82) is 0 Å². The van der Waals surface area contributed by atoms with Gasteiger partial charge in [0.05, 0.1) is 5.41 Å². The van der Waals surface area contributed by atoms with Crippen molar-refractivity contribution in [2.24, 2.45) is 0 Å². The number of aromatic nitrogens is 3. The summed E-state index contributed by atoms with van der Waals surface area (Å²) >= 11 is 1.86. The Bertz CT molecular complexity index is 3350. The van der Waals surface area contributed by atoms with Gasteiger partial charge in [0.2, 0.25) is 0 Å². The third-order valence-electron chi connectivity index (χ3n) is 12.0. The summed E-state index contributed by atoms with van der Waals surface area (Å²) in [6.07, 6.45) is 0. The van der Waals surface area contributed by atoms with Crippen LogP contribution in [-0.4, -0.2) is 15.0 Å². The first-order chi connectivity index (χ1) is 28.7. The number of hydrogen-bond acceptors (Lipinski definition) is 4. The predicted octanol–water partition coefficient (Wildman–Crippen LogP) is 13.9. The molecule has 9 aromatic carbocycles. The molecule has 0 N–H and O–H groups in total. The second kappa shape index (κ2) is 12.9. The highest BCUT2D eigenvalue weighted by Gasteiger charge is 2.46. The predicted molar refractivity (Wildman–Crippen MR) is 241 cm³/mol. The van der Waals surface area contributed by atoms with Crippen LogP contribution < -0.4 is 0 Å². The van der Waals surface area contributed by atoms with Gasteiger partial charge in [-0.05, 0) is 79.2 Å². The normalized spacial score (nSPS) is 13.0. The van der Waals surface area contributed by atoms with Gasteiger partial charge in [-0.3, -0.25) is 0 Å². The Balaban J connectivity index is 1.07. The average molecular weight is 756 g/mol. The van der Waals surface area contributed by atoms with Crippen LogP contribution in [0.4, 0.5) is 0 Å². The highest BCUT2D eigenvalue weighted by Crippen LogP contribution is 2.56. The Hall–Kier alpha value is -7.27. The lowest BCUT2D eigenvalue weighted by Crippen LogP contribution is -2.28. The fourth-order valence-corrected chi connectivity index (χ4v) is 10.6. The fourth-order valence-electron chi connectivity index (χ4n) is 9.44. The van der Waals surface area contributed by atoms with E-state index >= 15 is 0 Å². The van der Waals surface area contributed by atoms with Crippen LogP contribution in [0.25, 0.3) is 87.0 Å². The molecule has 0 bridgehead atoms. The molecule has 0 fully saturated rings. The number of hydrogen-bond donors (Lipinski definition) is 0. The second-order valence-corrected chi connectivity index (χ2v) is 16.2. The SMILES string of the molecule is c1ccc(-c2nc(-c3ccc4c(c3)C(c3ccccc3)(c3ccccc3)c3ccccc3-4)nc(-c3ccc4c(ccc5ccc6sc7ccccc7c6c54)c3)n2)cc1. The first-order valence-electron chi connectivity index (χ1n) is 19.7. The lowest BCUT2D eigenvalue weighted by atomic mass is 9.67. The smallest absolute Gasteiger partial charge is 0.164 e. The number of nitrogens with zero attached hydrogens (tertiary/aromatic N) is 3. The van der Waals surface area contributed by atoms with Gasteiger partial charge in [0.25, 0.3) is 0 Å². The molecule has 270 valence electrons. The molecular weight excluding hydrogens is 723 g/mol. The summed E-state index contributed by atoms with van der Waals surface area (Å²) in [5.74, 6) is 1.93. The zero-order valence-electron chi connectivity index (χ0n) is 31.3. The minimum Gasteiger partial charge on any atom is -0.208 e. The molecule has 3 nitrogen and oxygen atoms in total. The van der Waals surface area contributed by atoms with E-state index in [1.807, 2.05) is 29.5 Å². The average Bonchev–Trinajstić information content (AvgIpc) is 3.83. The molecule has 0 saturated carbocycles. The van der Waals surface area contributed by atoms with Crippen molar-refractivity contribution in [3.8, 4) is 45.3 Å². The molecule has 1 aliphatic carbocycles. The molecule has 2 aromatic heterocycles. The lowest BCUT2D eigenvalue weighted by molar-refractivity contribution is 0.768. The second-order valence-electron chi connectivity index (χ2n) is 15.1. The van der Waals surface area contributed by atoms with E-state index in [2.05, 4.69) is 182 Å². The standard InChI is InChI=1S/C54H33N3S/c1-4-14-35(15-5-1)51-55-52(37-26-29-41-36(32-37)25-24-34-28-31-48-50(49(34)41)44-21-11-13-23-47(44)58-48)57-53(56-51)38-27-30-43-42-20-10-12-22-45(42)54(46(43)33-38,39-16-6-2-7-17-39)40-18-8-3-9-19-40/h1-33H. The Morgan fingerprint density at radius 3 is 1.67 bits per heavy atom. The molecule has 0 radical (unpaired) electrons. The van der Waals surface area contributed by atoms with Crippen LogP contribution in [0.5, 0.6) is 0 Å². The van der Waals surface area contributed by atoms with E-state index < -0.39 is 5.41 Å². The van der Waals surface area contributed by atoms with Gasteiger partial charge in [-0.15, -0.1) is 11.3 Å². The molecule has 11 aromatic rings. The van der Waals surface area contributed by atoms with E-state index in [4.69, 9.17) is 15.0 Å². The highest BCUT2D eigenvalue weighted by molar-refractivity contribution is 7.26. The van der Waals surface area contributed by atoms with Crippen molar-refractivity contribution >= 4 is 53.1 Å².